The van der Waals surface area contributed by atoms with Gasteiger partial charge in [0.25, 0.3) is 5.43 Å². The standard InChI is InChI=1S/C9H13N3O3/c1-7(4-10)5-11-3-2-9(13)8(6-11)12(14)15/h2-3,6-7H,4-5,10H2,1H3. The second-order valence-corrected chi connectivity index (χ2v) is 3.49. The third-order valence-corrected chi connectivity index (χ3v) is 2.08. The summed E-state index contributed by atoms with van der Waals surface area (Å²) in [5.74, 6) is 0.215. The number of pyridine rings is 1. The minimum absolute atomic E-state index is 0.215. The normalized spacial score (nSPS) is 12.4. The molecule has 0 amide bonds. The number of aromatic nitrogens is 1. The van der Waals surface area contributed by atoms with Gasteiger partial charge in [-0.15, -0.1) is 0 Å². The van der Waals surface area contributed by atoms with Gasteiger partial charge in [-0.3, -0.25) is 14.9 Å². The molecule has 1 heterocycles. The lowest BCUT2D eigenvalue weighted by Crippen LogP contribution is -2.18. The molecular weight excluding hydrogens is 198 g/mol. The van der Waals surface area contributed by atoms with E-state index in [4.69, 9.17) is 5.73 Å². The van der Waals surface area contributed by atoms with Crippen LogP contribution >= 0.6 is 0 Å². The minimum Gasteiger partial charge on any atom is -0.348 e. The van der Waals surface area contributed by atoms with Crippen LogP contribution in [-0.2, 0) is 6.54 Å². The molecule has 0 saturated heterocycles. The summed E-state index contributed by atoms with van der Waals surface area (Å²) in [5, 5.41) is 10.5. The molecule has 0 aromatic carbocycles. The highest BCUT2D eigenvalue weighted by molar-refractivity contribution is 5.25. The first-order valence-corrected chi connectivity index (χ1v) is 4.59. The van der Waals surface area contributed by atoms with Crippen LogP contribution in [0.2, 0.25) is 0 Å². The van der Waals surface area contributed by atoms with E-state index in [2.05, 4.69) is 0 Å². The van der Waals surface area contributed by atoms with E-state index in [0.717, 1.165) is 0 Å². The smallest absolute Gasteiger partial charge is 0.332 e. The summed E-state index contributed by atoms with van der Waals surface area (Å²) in [5.41, 5.74) is 4.46. The first-order valence-electron chi connectivity index (χ1n) is 4.59. The molecule has 0 aliphatic heterocycles. The fourth-order valence-electron chi connectivity index (χ4n) is 1.20. The van der Waals surface area contributed by atoms with Crippen LogP contribution in [0.4, 0.5) is 5.69 Å². The van der Waals surface area contributed by atoms with Crippen LogP contribution in [0.1, 0.15) is 6.92 Å². The lowest BCUT2D eigenvalue weighted by Gasteiger charge is -2.10. The second kappa shape index (κ2) is 4.70. The lowest BCUT2D eigenvalue weighted by atomic mass is 10.2. The van der Waals surface area contributed by atoms with Gasteiger partial charge in [0.1, 0.15) is 0 Å². The first-order chi connectivity index (χ1) is 7.04. The minimum atomic E-state index is -0.675. The quantitative estimate of drug-likeness (QED) is 0.574. The highest BCUT2D eigenvalue weighted by Crippen LogP contribution is 2.05. The van der Waals surface area contributed by atoms with Gasteiger partial charge in [-0.1, -0.05) is 6.92 Å². The molecule has 15 heavy (non-hydrogen) atoms. The monoisotopic (exact) mass is 211 g/mol. The molecule has 0 fully saturated rings. The van der Waals surface area contributed by atoms with Gasteiger partial charge in [0.2, 0.25) is 0 Å². The van der Waals surface area contributed by atoms with Gasteiger partial charge in [-0.05, 0) is 12.5 Å². The molecule has 1 rings (SSSR count). The van der Waals surface area contributed by atoms with E-state index in [-0.39, 0.29) is 5.92 Å². The molecule has 1 aromatic rings. The van der Waals surface area contributed by atoms with E-state index in [0.29, 0.717) is 13.1 Å². The predicted octanol–water partition coefficient (Wildman–Crippen LogP) is 0.351. The maximum atomic E-state index is 11.1. The van der Waals surface area contributed by atoms with Gasteiger partial charge in [0, 0.05) is 18.8 Å². The van der Waals surface area contributed by atoms with Gasteiger partial charge < -0.3 is 10.3 Å². The van der Waals surface area contributed by atoms with Crippen molar-refractivity contribution in [2.45, 2.75) is 13.5 Å². The fourth-order valence-corrected chi connectivity index (χ4v) is 1.20. The maximum Gasteiger partial charge on any atom is 0.332 e. The fraction of sp³-hybridized carbons (Fsp3) is 0.444. The van der Waals surface area contributed by atoms with Crippen molar-refractivity contribution in [3.8, 4) is 0 Å². The van der Waals surface area contributed by atoms with Gasteiger partial charge in [-0.25, -0.2) is 0 Å². The Kier molecular flexibility index (Phi) is 3.56. The molecule has 1 atom stereocenters. The lowest BCUT2D eigenvalue weighted by molar-refractivity contribution is -0.386. The number of nitrogens with two attached hydrogens (primary N) is 1. The summed E-state index contributed by atoms with van der Waals surface area (Å²) >= 11 is 0. The molecule has 1 aromatic heterocycles. The Bertz CT molecular complexity index is 413. The number of nitro groups is 1. The Balaban J connectivity index is 2.98. The van der Waals surface area contributed by atoms with Crippen LogP contribution in [0.5, 0.6) is 0 Å². The molecule has 0 saturated carbocycles. The predicted molar refractivity (Wildman–Crippen MR) is 55.6 cm³/mol. The first kappa shape index (κ1) is 11.4. The number of hydrogen-bond acceptors (Lipinski definition) is 4. The van der Waals surface area contributed by atoms with Crippen LogP contribution in [0, 0.1) is 16.0 Å². The van der Waals surface area contributed by atoms with Crippen molar-refractivity contribution >= 4 is 5.69 Å². The summed E-state index contributed by atoms with van der Waals surface area (Å²) < 4.78 is 1.61. The zero-order valence-electron chi connectivity index (χ0n) is 8.42. The van der Waals surface area contributed by atoms with Gasteiger partial charge in [0.05, 0.1) is 11.1 Å². The molecule has 1 unspecified atom stereocenters. The average molecular weight is 211 g/mol. The second-order valence-electron chi connectivity index (χ2n) is 3.49. The van der Waals surface area contributed by atoms with Crippen LogP contribution in [0.15, 0.2) is 23.3 Å². The van der Waals surface area contributed by atoms with Crippen molar-refractivity contribution in [1.29, 1.82) is 0 Å². The van der Waals surface area contributed by atoms with Crippen molar-refractivity contribution in [2.75, 3.05) is 6.54 Å². The molecule has 6 nitrogen and oxygen atoms in total. The van der Waals surface area contributed by atoms with Crippen LogP contribution in [0.25, 0.3) is 0 Å². The Morgan fingerprint density at radius 3 is 2.87 bits per heavy atom. The van der Waals surface area contributed by atoms with E-state index in [9.17, 15) is 14.9 Å². The molecule has 0 bridgehead atoms. The highest BCUT2D eigenvalue weighted by atomic mass is 16.6. The van der Waals surface area contributed by atoms with E-state index in [1.807, 2.05) is 6.92 Å². The third-order valence-electron chi connectivity index (χ3n) is 2.08. The maximum absolute atomic E-state index is 11.1. The average Bonchev–Trinajstić information content (AvgIpc) is 2.20. The largest absolute Gasteiger partial charge is 0.348 e. The summed E-state index contributed by atoms with van der Waals surface area (Å²) in [7, 11) is 0. The van der Waals surface area contributed by atoms with E-state index in [1.54, 1.807) is 4.57 Å². The number of nitrogens with zero attached hydrogens (tertiary/aromatic N) is 2. The molecule has 6 heteroatoms. The Morgan fingerprint density at radius 1 is 1.67 bits per heavy atom. The number of hydrogen-bond donors (Lipinski definition) is 1. The SMILES string of the molecule is CC(CN)Cn1ccc(=O)c([N+](=O)[O-])c1. The zero-order chi connectivity index (χ0) is 11.4. The highest BCUT2D eigenvalue weighted by Gasteiger charge is 2.12. The van der Waals surface area contributed by atoms with Crippen molar-refractivity contribution in [2.24, 2.45) is 11.7 Å². The number of rotatable bonds is 4. The molecule has 2 N–H and O–H groups in total. The molecule has 0 aliphatic carbocycles. The van der Waals surface area contributed by atoms with Crippen LogP contribution in [0.3, 0.4) is 0 Å². The third kappa shape index (κ3) is 2.88. The van der Waals surface area contributed by atoms with E-state index in [1.165, 1.54) is 18.5 Å². The Morgan fingerprint density at radius 2 is 2.33 bits per heavy atom. The molecule has 0 radical (unpaired) electrons. The topological polar surface area (TPSA) is 91.2 Å². The Labute approximate surface area is 86.5 Å². The van der Waals surface area contributed by atoms with E-state index >= 15 is 0 Å². The van der Waals surface area contributed by atoms with Crippen molar-refractivity contribution < 1.29 is 4.92 Å². The van der Waals surface area contributed by atoms with Crippen molar-refractivity contribution in [1.82, 2.24) is 4.57 Å². The van der Waals surface area contributed by atoms with Gasteiger partial charge >= 0.3 is 5.69 Å². The van der Waals surface area contributed by atoms with Gasteiger partial charge in [-0.2, -0.15) is 0 Å². The summed E-state index contributed by atoms with van der Waals surface area (Å²) in [6, 6.07) is 1.20. The molecule has 0 spiro atoms. The molecular formula is C9H13N3O3. The van der Waals surface area contributed by atoms with Gasteiger partial charge in [0.15, 0.2) is 0 Å². The summed E-state index contributed by atoms with van der Waals surface area (Å²) in [6.45, 7) is 3.00. The van der Waals surface area contributed by atoms with Crippen molar-refractivity contribution in [3.05, 3.63) is 38.8 Å². The molecule has 82 valence electrons. The Hall–Kier alpha value is -1.69. The van der Waals surface area contributed by atoms with Crippen LogP contribution < -0.4 is 11.2 Å². The van der Waals surface area contributed by atoms with E-state index < -0.39 is 16.0 Å². The zero-order valence-corrected chi connectivity index (χ0v) is 8.42. The summed E-state index contributed by atoms with van der Waals surface area (Å²) in [4.78, 5) is 20.9. The molecule has 0 aliphatic rings. The summed E-state index contributed by atoms with van der Waals surface area (Å²) in [6.07, 6.45) is 2.77. The van der Waals surface area contributed by atoms with Crippen molar-refractivity contribution in [3.63, 3.8) is 0 Å². The van der Waals surface area contributed by atoms with Crippen LogP contribution in [-0.4, -0.2) is 16.0 Å².